The lowest BCUT2D eigenvalue weighted by molar-refractivity contribution is 0.402. The Morgan fingerprint density at radius 1 is 1.23 bits per heavy atom. The van der Waals surface area contributed by atoms with E-state index in [-0.39, 0.29) is 17.0 Å². The molecule has 0 heterocycles. The molecule has 0 N–H and O–H groups in total. The van der Waals surface area contributed by atoms with Crippen LogP contribution in [0.2, 0.25) is 10.0 Å². The minimum atomic E-state index is 0. The Hall–Kier alpha value is 0.240. The molecular formula is C9H12BrCl2N. The van der Waals surface area contributed by atoms with Crippen molar-refractivity contribution in [2.45, 2.75) is 6.54 Å². The summed E-state index contributed by atoms with van der Waals surface area (Å²) in [6.07, 6.45) is 0. The number of halogens is 3. The predicted molar refractivity (Wildman–Crippen MR) is 64.2 cm³/mol. The third kappa shape index (κ3) is 3.86. The van der Waals surface area contributed by atoms with Gasteiger partial charge in [-0.3, -0.25) is 0 Å². The Labute approximate surface area is 99.4 Å². The second kappa shape index (κ2) is 5.86. The average Bonchev–Trinajstić information content (AvgIpc) is 1.98. The van der Waals surface area contributed by atoms with E-state index in [1.54, 1.807) is 6.07 Å². The summed E-state index contributed by atoms with van der Waals surface area (Å²) in [6.45, 7) is 0.819. The van der Waals surface area contributed by atoms with Gasteiger partial charge in [-0.25, -0.2) is 0 Å². The van der Waals surface area contributed by atoms with Gasteiger partial charge in [0.1, 0.15) is 0 Å². The highest BCUT2D eigenvalue weighted by Crippen LogP contribution is 2.25. The lowest BCUT2D eigenvalue weighted by Gasteiger charge is -2.11. The summed E-state index contributed by atoms with van der Waals surface area (Å²) in [5.74, 6) is 0. The first-order valence-electron chi connectivity index (χ1n) is 3.69. The van der Waals surface area contributed by atoms with Gasteiger partial charge >= 0.3 is 0 Å². The largest absolute Gasteiger partial charge is 0.305 e. The highest BCUT2D eigenvalue weighted by molar-refractivity contribution is 8.93. The molecule has 0 spiro atoms. The zero-order chi connectivity index (χ0) is 9.14. The van der Waals surface area contributed by atoms with Crippen molar-refractivity contribution < 1.29 is 0 Å². The predicted octanol–water partition coefficient (Wildman–Crippen LogP) is 3.63. The van der Waals surface area contributed by atoms with Gasteiger partial charge in [0.25, 0.3) is 0 Å². The minimum Gasteiger partial charge on any atom is -0.305 e. The van der Waals surface area contributed by atoms with Crippen molar-refractivity contribution in [3.05, 3.63) is 33.8 Å². The Balaban J connectivity index is 0.00000144. The van der Waals surface area contributed by atoms with E-state index in [0.717, 1.165) is 12.1 Å². The molecule has 74 valence electrons. The van der Waals surface area contributed by atoms with Gasteiger partial charge in [0.2, 0.25) is 0 Å². The molecule has 0 fully saturated rings. The summed E-state index contributed by atoms with van der Waals surface area (Å²) >= 11 is 11.8. The van der Waals surface area contributed by atoms with Crippen molar-refractivity contribution in [2.75, 3.05) is 14.1 Å². The van der Waals surface area contributed by atoms with Gasteiger partial charge in [-0.2, -0.15) is 0 Å². The summed E-state index contributed by atoms with van der Waals surface area (Å²) in [5, 5.41) is 1.28. The van der Waals surface area contributed by atoms with Crippen molar-refractivity contribution in [3.63, 3.8) is 0 Å². The summed E-state index contributed by atoms with van der Waals surface area (Å²) in [6, 6.07) is 5.68. The lowest BCUT2D eigenvalue weighted by atomic mass is 10.2. The van der Waals surface area contributed by atoms with E-state index in [2.05, 4.69) is 4.90 Å². The van der Waals surface area contributed by atoms with Gasteiger partial charge < -0.3 is 4.90 Å². The molecule has 0 radical (unpaired) electrons. The SMILES string of the molecule is Br.CN(C)Cc1cccc(Cl)c1Cl. The summed E-state index contributed by atoms with van der Waals surface area (Å²) < 4.78 is 0. The zero-order valence-corrected chi connectivity index (χ0v) is 10.8. The second-order valence-electron chi connectivity index (χ2n) is 2.95. The molecular weight excluding hydrogens is 273 g/mol. The summed E-state index contributed by atoms with van der Waals surface area (Å²) in [4.78, 5) is 2.05. The zero-order valence-electron chi connectivity index (χ0n) is 7.55. The number of hydrogen-bond acceptors (Lipinski definition) is 1. The van der Waals surface area contributed by atoms with Gasteiger partial charge in [0.05, 0.1) is 10.0 Å². The van der Waals surface area contributed by atoms with Crippen LogP contribution in [0.25, 0.3) is 0 Å². The van der Waals surface area contributed by atoms with E-state index in [0.29, 0.717) is 10.0 Å². The number of benzene rings is 1. The van der Waals surface area contributed by atoms with Crippen molar-refractivity contribution in [2.24, 2.45) is 0 Å². The Kier molecular flexibility index (Phi) is 5.97. The van der Waals surface area contributed by atoms with Gasteiger partial charge in [-0.05, 0) is 25.7 Å². The molecule has 0 aliphatic heterocycles. The Bertz CT molecular complexity index is 276. The molecule has 0 atom stereocenters. The average molecular weight is 285 g/mol. The van der Waals surface area contributed by atoms with Gasteiger partial charge in [0, 0.05) is 6.54 Å². The van der Waals surface area contributed by atoms with E-state index < -0.39 is 0 Å². The van der Waals surface area contributed by atoms with Crippen LogP contribution in [-0.2, 0) is 6.54 Å². The van der Waals surface area contributed by atoms with Crippen LogP contribution < -0.4 is 0 Å². The third-order valence-electron chi connectivity index (χ3n) is 1.52. The highest BCUT2D eigenvalue weighted by Gasteiger charge is 2.03. The van der Waals surface area contributed by atoms with E-state index in [9.17, 15) is 0 Å². The molecule has 0 aromatic heterocycles. The molecule has 1 nitrogen and oxygen atoms in total. The Morgan fingerprint density at radius 3 is 2.38 bits per heavy atom. The normalized spacial score (nSPS) is 9.92. The quantitative estimate of drug-likeness (QED) is 0.802. The van der Waals surface area contributed by atoms with Crippen LogP contribution in [0.15, 0.2) is 18.2 Å². The van der Waals surface area contributed by atoms with Crippen LogP contribution in [0, 0.1) is 0 Å². The van der Waals surface area contributed by atoms with E-state index in [1.165, 1.54) is 0 Å². The fraction of sp³-hybridized carbons (Fsp3) is 0.333. The molecule has 0 aliphatic carbocycles. The maximum Gasteiger partial charge on any atom is 0.0637 e. The lowest BCUT2D eigenvalue weighted by Crippen LogP contribution is -2.10. The van der Waals surface area contributed by atoms with E-state index >= 15 is 0 Å². The number of rotatable bonds is 2. The second-order valence-corrected chi connectivity index (χ2v) is 3.74. The number of nitrogens with zero attached hydrogens (tertiary/aromatic N) is 1. The van der Waals surface area contributed by atoms with Crippen LogP contribution in [0.3, 0.4) is 0 Å². The molecule has 0 saturated carbocycles. The van der Waals surface area contributed by atoms with E-state index in [1.807, 2.05) is 26.2 Å². The Morgan fingerprint density at radius 2 is 1.85 bits per heavy atom. The molecule has 0 bridgehead atoms. The van der Waals surface area contributed by atoms with Crippen LogP contribution in [0.5, 0.6) is 0 Å². The van der Waals surface area contributed by atoms with Gasteiger partial charge in [0.15, 0.2) is 0 Å². The standard InChI is InChI=1S/C9H11Cl2N.BrH/c1-12(2)6-7-4-3-5-8(10)9(7)11;/h3-5H,6H2,1-2H3;1H. The molecule has 0 unspecified atom stereocenters. The smallest absolute Gasteiger partial charge is 0.0637 e. The maximum absolute atomic E-state index is 5.98. The van der Waals surface area contributed by atoms with Crippen molar-refractivity contribution >= 4 is 40.2 Å². The first kappa shape index (κ1) is 13.2. The van der Waals surface area contributed by atoms with Gasteiger partial charge in [-0.15, -0.1) is 17.0 Å². The van der Waals surface area contributed by atoms with E-state index in [4.69, 9.17) is 23.2 Å². The monoisotopic (exact) mass is 283 g/mol. The van der Waals surface area contributed by atoms with Gasteiger partial charge in [-0.1, -0.05) is 35.3 Å². The first-order valence-corrected chi connectivity index (χ1v) is 4.44. The number of hydrogen-bond donors (Lipinski definition) is 0. The van der Waals surface area contributed by atoms with Crippen LogP contribution in [-0.4, -0.2) is 19.0 Å². The highest BCUT2D eigenvalue weighted by atomic mass is 79.9. The minimum absolute atomic E-state index is 0. The molecule has 13 heavy (non-hydrogen) atoms. The molecule has 1 rings (SSSR count). The molecule has 1 aromatic carbocycles. The van der Waals surface area contributed by atoms with Crippen LogP contribution in [0.4, 0.5) is 0 Å². The maximum atomic E-state index is 5.98. The van der Waals surface area contributed by atoms with Crippen molar-refractivity contribution in [3.8, 4) is 0 Å². The topological polar surface area (TPSA) is 3.24 Å². The summed E-state index contributed by atoms with van der Waals surface area (Å²) in [5.41, 5.74) is 1.06. The van der Waals surface area contributed by atoms with Crippen LogP contribution >= 0.6 is 40.2 Å². The molecule has 0 aliphatic rings. The fourth-order valence-electron chi connectivity index (χ4n) is 1.01. The molecule has 4 heteroatoms. The molecule has 1 aromatic rings. The third-order valence-corrected chi connectivity index (χ3v) is 2.38. The first-order chi connectivity index (χ1) is 5.61. The molecule has 0 amide bonds. The van der Waals surface area contributed by atoms with Crippen LogP contribution in [0.1, 0.15) is 5.56 Å². The molecule has 0 saturated heterocycles. The fourth-order valence-corrected chi connectivity index (χ4v) is 1.39. The van der Waals surface area contributed by atoms with Crippen molar-refractivity contribution in [1.29, 1.82) is 0 Å². The van der Waals surface area contributed by atoms with Crippen molar-refractivity contribution in [1.82, 2.24) is 4.90 Å². The summed E-state index contributed by atoms with van der Waals surface area (Å²) in [7, 11) is 3.99.